The quantitative estimate of drug-likeness (QED) is 0.571. The number of hydrogen-bond donors (Lipinski definition) is 1. The summed E-state index contributed by atoms with van der Waals surface area (Å²) in [7, 11) is -0.693. The molecule has 0 bridgehead atoms. The van der Waals surface area contributed by atoms with E-state index in [1.807, 2.05) is 6.92 Å². The van der Waals surface area contributed by atoms with Crippen molar-refractivity contribution in [3.05, 3.63) is 0 Å². The molecular weight excluding hydrogens is 150 g/mol. The minimum absolute atomic E-state index is 0.0424. The monoisotopic (exact) mass is 161 g/mol. The Hall–Kier alpha value is -0.380. The summed E-state index contributed by atoms with van der Waals surface area (Å²) >= 11 is 0. The lowest BCUT2D eigenvalue weighted by atomic mass is 10.1. The second-order valence-corrected chi connectivity index (χ2v) is 4.43. The molecule has 0 saturated carbocycles. The third-order valence-corrected chi connectivity index (χ3v) is 3.36. The molecule has 0 unspecified atom stereocenters. The van der Waals surface area contributed by atoms with Crippen LogP contribution in [0.3, 0.4) is 0 Å². The van der Waals surface area contributed by atoms with Gasteiger partial charge in [0.15, 0.2) is 0 Å². The molecule has 1 N–H and O–H groups in total. The summed E-state index contributed by atoms with van der Waals surface area (Å²) in [4.78, 5) is 10.5. The van der Waals surface area contributed by atoms with Crippen LogP contribution in [0.4, 0.5) is 0 Å². The van der Waals surface area contributed by atoms with Crippen LogP contribution in [0.5, 0.6) is 0 Å². The summed E-state index contributed by atoms with van der Waals surface area (Å²) in [5.41, 5.74) is -0.184. The number of amides is 1. The second kappa shape index (κ2) is 2.34. The minimum atomic E-state index is -0.693. The predicted octanol–water partition coefficient (Wildman–Crippen LogP) is -0.357. The zero-order valence-electron chi connectivity index (χ0n) is 6.14. The molecule has 3 nitrogen and oxygen atoms in total. The summed E-state index contributed by atoms with van der Waals surface area (Å²) in [5.74, 6) is 1.17. The van der Waals surface area contributed by atoms with Crippen LogP contribution in [-0.2, 0) is 15.6 Å². The van der Waals surface area contributed by atoms with Gasteiger partial charge in [0.2, 0.25) is 5.91 Å². The standard InChI is InChI=1S/C6H11NO2S/c1-5(8)7-6(2)3-10(9)4-6/h3-4H2,1-2H3,(H,7,8). The lowest BCUT2D eigenvalue weighted by Gasteiger charge is -2.37. The van der Waals surface area contributed by atoms with Gasteiger partial charge in [-0.3, -0.25) is 9.00 Å². The highest BCUT2D eigenvalue weighted by molar-refractivity contribution is 7.86. The maximum absolute atomic E-state index is 10.7. The molecule has 58 valence electrons. The van der Waals surface area contributed by atoms with Crippen LogP contribution in [0.25, 0.3) is 0 Å². The molecule has 1 amide bonds. The lowest BCUT2D eigenvalue weighted by molar-refractivity contribution is -0.120. The average Bonchev–Trinajstić information content (AvgIpc) is 1.57. The van der Waals surface area contributed by atoms with Crippen molar-refractivity contribution >= 4 is 16.7 Å². The van der Waals surface area contributed by atoms with Crippen LogP contribution in [0.1, 0.15) is 13.8 Å². The maximum Gasteiger partial charge on any atom is 0.217 e. The van der Waals surface area contributed by atoms with Crippen LogP contribution in [-0.4, -0.2) is 27.2 Å². The molecule has 1 aliphatic heterocycles. The van der Waals surface area contributed by atoms with Crippen LogP contribution in [0.2, 0.25) is 0 Å². The Bertz CT molecular complexity index is 182. The van der Waals surface area contributed by atoms with Gasteiger partial charge in [0.05, 0.1) is 5.54 Å². The van der Waals surface area contributed by atoms with Crippen molar-refractivity contribution in [2.24, 2.45) is 0 Å². The van der Waals surface area contributed by atoms with Crippen LogP contribution >= 0.6 is 0 Å². The van der Waals surface area contributed by atoms with Gasteiger partial charge in [-0.05, 0) is 6.92 Å². The molecule has 0 atom stereocenters. The van der Waals surface area contributed by atoms with Crippen molar-refractivity contribution in [3.63, 3.8) is 0 Å². The van der Waals surface area contributed by atoms with E-state index in [2.05, 4.69) is 5.32 Å². The molecule has 1 rings (SSSR count). The van der Waals surface area contributed by atoms with E-state index in [1.165, 1.54) is 6.92 Å². The number of hydrogen-bond acceptors (Lipinski definition) is 2. The van der Waals surface area contributed by atoms with Crippen molar-refractivity contribution in [2.45, 2.75) is 19.4 Å². The Morgan fingerprint density at radius 3 is 2.40 bits per heavy atom. The van der Waals surface area contributed by atoms with Crippen molar-refractivity contribution in [2.75, 3.05) is 11.5 Å². The molecule has 1 heterocycles. The second-order valence-electron chi connectivity index (χ2n) is 2.97. The van der Waals surface area contributed by atoms with Crippen LogP contribution in [0.15, 0.2) is 0 Å². The summed E-state index contributed by atoms with van der Waals surface area (Å²) in [6.07, 6.45) is 0. The third kappa shape index (κ3) is 1.56. The summed E-state index contributed by atoms with van der Waals surface area (Å²) < 4.78 is 10.7. The number of nitrogens with one attached hydrogen (secondary N) is 1. The smallest absolute Gasteiger partial charge is 0.217 e. The molecule has 0 spiro atoms. The van der Waals surface area contributed by atoms with Gasteiger partial charge in [-0.25, -0.2) is 0 Å². The number of rotatable bonds is 1. The molecule has 10 heavy (non-hydrogen) atoms. The largest absolute Gasteiger partial charge is 0.349 e. The van der Waals surface area contributed by atoms with Gasteiger partial charge in [0.1, 0.15) is 0 Å². The van der Waals surface area contributed by atoms with Crippen molar-refractivity contribution in [1.29, 1.82) is 0 Å². The van der Waals surface area contributed by atoms with E-state index in [-0.39, 0.29) is 11.4 Å². The predicted molar refractivity (Wildman–Crippen MR) is 40.1 cm³/mol. The maximum atomic E-state index is 10.7. The molecule has 0 aromatic carbocycles. The summed E-state index contributed by atoms with van der Waals surface area (Å²) in [5, 5.41) is 2.75. The normalized spacial score (nSPS) is 38.4. The van der Waals surface area contributed by atoms with Crippen molar-refractivity contribution < 1.29 is 9.00 Å². The highest BCUT2D eigenvalue weighted by atomic mass is 32.2. The van der Waals surface area contributed by atoms with E-state index >= 15 is 0 Å². The molecule has 0 radical (unpaired) electrons. The fraction of sp³-hybridized carbons (Fsp3) is 0.833. The van der Waals surface area contributed by atoms with Gasteiger partial charge in [-0.15, -0.1) is 0 Å². The van der Waals surface area contributed by atoms with Crippen molar-refractivity contribution in [1.82, 2.24) is 5.32 Å². The Labute approximate surface area is 62.6 Å². The molecule has 0 aromatic heterocycles. The van der Waals surface area contributed by atoms with E-state index in [0.717, 1.165) is 0 Å². The van der Waals surface area contributed by atoms with Gasteiger partial charge in [-0.1, -0.05) is 0 Å². The minimum Gasteiger partial charge on any atom is -0.349 e. The molecule has 0 aromatic rings. The molecular formula is C6H11NO2S. The van der Waals surface area contributed by atoms with E-state index in [1.54, 1.807) is 0 Å². The van der Waals surface area contributed by atoms with Crippen LogP contribution < -0.4 is 5.32 Å². The van der Waals surface area contributed by atoms with Crippen LogP contribution in [0, 0.1) is 0 Å². The molecule has 1 saturated heterocycles. The fourth-order valence-electron chi connectivity index (χ4n) is 1.17. The first-order chi connectivity index (χ1) is 4.52. The Morgan fingerprint density at radius 2 is 2.10 bits per heavy atom. The first-order valence-corrected chi connectivity index (χ1v) is 4.64. The zero-order chi connectivity index (χ0) is 7.78. The highest BCUT2D eigenvalue weighted by Crippen LogP contribution is 2.18. The van der Waals surface area contributed by atoms with Crippen molar-refractivity contribution in [3.8, 4) is 0 Å². The molecule has 1 fully saturated rings. The fourth-order valence-corrected chi connectivity index (χ4v) is 2.65. The average molecular weight is 161 g/mol. The van der Waals surface area contributed by atoms with E-state index in [9.17, 15) is 9.00 Å². The highest BCUT2D eigenvalue weighted by Gasteiger charge is 2.38. The molecule has 1 aliphatic rings. The van der Waals surface area contributed by atoms with E-state index in [0.29, 0.717) is 11.5 Å². The van der Waals surface area contributed by atoms with Gasteiger partial charge in [0, 0.05) is 29.2 Å². The number of carbonyl (C=O) groups excluding carboxylic acids is 1. The van der Waals surface area contributed by atoms with Gasteiger partial charge < -0.3 is 5.32 Å². The molecule has 4 heteroatoms. The van der Waals surface area contributed by atoms with Gasteiger partial charge >= 0.3 is 0 Å². The van der Waals surface area contributed by atoms with Gasteiger partial charge in [-0.2, -0.15) is 0 Å². The third-order valence-electron chi connectivity index (χ3n) is 1.44. The Kier molecular flexibility index (Phi) is 1.81. The first kappa shape index (κ1) is 7.72. The summed E-state index contributed by atoms with van der Waals surface area (Å²) in [6.45, 7) is 3.39. The Morgan fingerprint density at radius 1 is 1.60 bits per heavy atom. The number of carbonyl (C=O) groups is 1. The molecule has 0 aliphatic carbocycles. The SMILES string of the molecule is CC(=O)NC1(C)CS(=O)C1. The first-order valence-electron chi connectivity index (χ1n) is 3.16. The Balaban J connectivity index is 2.41. The summed E-state index contributed by atoms with van der Waals surface area (Å²) in [6, 6.07) is 0. The van der Waals surface area contributed by atoms with Gasteiger partial charge in [0.25, 0.3) is 0 Å². The zero-order valence-corrected chi connectivity index (χ0v) is 6.96. The van der Waals surface area contributed by atoms with E-state index in [4.69, 9.17) is 0 Å². The topological polar surface area (TPSA) is 46.2 Å². The lowest BCUT2D eigenvalue weighted by Crippen LogP contribution is -2.60. The van der Waals surface area contributed by atoms with E-state index < -0.39 is 10.8 Å².